The van der Waals surface area contributed by atoms with E-state index in [1.54, 1.807) is 12.1 Å². The summed E-state index contributed by atoms with van der Waals surface area (Å²) in [5, 5.41) is 11.2. The zero-order valence-electron chi connectivity index (χ0n) is 12.5. The van der Waals surface area contributed by atoms with Crippen LogP contribution in [0.5, 0.6) is 0 Å². The first-order chi connectivity index (χ1) is 10.4. The molecule has 7 heteroatoms. The maximum absolute atomic E-state index is 11.8. The lowest BCUT2D eigenvalue weighted by Crippen LogP contribution is -2.29. The molecule has 1 aromatic carbocycles. The number of benzene rings is 1. The lowest BCUT2D eigenvalue weighted by atomic mass is 9.93. The monoisotopic (exact) mass is 325 g/mol. The molecule has 1 aromatic rings. The van der Waals surface area contributed by atoms with Crippen LogP contribution < -0.4 is 15.8 Å². The van der Waals surface area contributed by atoms with E-state index in [9.17, 15) is 13.2 Å². The number of amides is 1. The van der Waals surface area contributed by atoms with Gasteiger partial charge in [0.1, 0.15) is 0 Å². The lowest BCUT2D eigenvalue weighted by molar-refractivity contribution is -0.121. The molecular formula is C15H23N3O3S. The summed E-state index contributed by atoms with van der Waals surface area (Å²) in [5.41, 5.74) is 0.850. The number of piperidine rings is 1. The Morgan fingerprint density at radius 1 is 1.23 bits per heavy atom. The maximum atomic E-state index is 11.8. The van der Waals surface area contributed by atoms with Gasteiger partial charge >= 0.3 is 0 Å². The Bertz CT molecular complexity index is 593. The molecule has 22 heavy (non-hydrogen) atoms. The Balaban J connectivity index is 1.73. The van der Waals surface area contributed by atoms with Gasteiger partial charge in [0, 0.05) is 13.0 Å². The minimum absolute atomic E-state index is 0.0362. The van der Waals surface area contributed by atoms with Crippen molar-refractivity contribution in [2.75, 3.05) is 13.1 Å². The predicted molar refractivity (Wildman–Crippen MR) is 84.5 cm³/mol. The first kappa shape index (κ1) is 16.9. The summed E-state index contributed by atoms with van der Waals surface area (Å²) in [7, 11) is -3.66. The number of rotatable bonds is 6. The van der Waals surface area contributed by atoms with Crippen LogP contribution in [-0.4, -0.2) is 27.4 Å². The molecule has 0 aromatic heterocycles. The summed E-state index contributed by atoms with van der Waals surface area (Å²) in [4.78, 5) is 11.9. The van der Waals surface area contributed by atoms with Crippen LogP contribution in [-0.2, 0) is 21.4 Å². The van der Waals surface area contributed by atoms with Crippen molar-refractivity contribution in [3.8, 4) is 0 Å². The van der Waals surface area contributed by atoms with Gasteiger partial charge in [0.2, 0.25) is 15.9 Å². The average molecular weight is 325 g/mol. The van der Waals surface area contributed by atoms with E-state index >= 15 is 0 Å². The van der Waals surface area contributed by atoms with Crippen molar-refractivity contribution in [3.05, 3.63) is 29.8 Å². The molecule has 0 unspecified atom stereocenters. The number of nitrogens with two attached hydrogens (primary N) is 1. The number of sulfonamides is 1. The van der Waals surface area contributed by atoms with Crippen LogP contribution in [0, 0.1) is 5.92 Å². The molecule has 1 aliphatic heterocycles. The molecule has 4 N–H and O–H groups in total. The molecule has 1 saturated heterocycles. The first-order valence-electron chi connectivity index (χ1n) is 7.54. The highest BCUT2D eigenvalue weighted by Gasteiger charge is 2.14. The predicted octanol–water partition coefficient (Wildman–Crippen LogP) is 0.730. The summed E-state index contributed by atoms with van der Waals surface area (Å²) >= 11 is 0. The van der Waals surface area contributed by atoms with Gasteiger partial charge in [-0.25, -0.2) is 13.6 Å². The Labute approximate surface area is 131 Å². The molecule has 6 nitrogen and oxygen atoms in total. The van der Waals surface area contributed by atoms with E-state index in [2.05, 4.69) is 10.6 Å². The van der Waals surface area contributed by atoms with Crippen molar-refractivity contribution in [2.45, 2.75) is 37.1 Å². The lowest BCUT2D eigenvalue weighted by Gasteiger charge is -2.22. The molecule has 1 aliphatic rings. The van der Waals surface area contributed by atoms with E-state index in [-0.39, 0.29) is 10.8 Å². The second-order valence-corrected chi connectivity index (χ2v) is 7.26. The summed E-state index contributed by atoms with van der Waals surface area (Å²) in [6, 6.07) is 6.22. The molecule has 122 valence electrons. The van der Waals surface area contributed by atoms with Gasteiger partial charge in [-0.2, -0.15) is 0 Å². The van der Waals surface area contributed by atoms with Crippen molar-refractivity contribution in [3.63, 3.8) is 0 Å². The molecule has 0 bridgehead atoms. The summed E-state index contributed by atoms with van der Waals surface area (Å²) in [5.74, 6) is 0.676. The molecule has 1 amide bonds. The number of carbonyl (C=O) groups is 1. The summed E-state index contributed by atoms with van der Waals surface area (Å²) in [6.45, 7) is 2.49. The normalized spacial score (nSPS) is 16.4. The fraction of sp³-hybridized carbons (Fsp3) is 0.533. The van der Waals surface area contributed by atoms with E-state index in [0.29, 0.717) is 18.9 Å². The van der Waals surface area contributed by atoms with Crippen molar-refractivity contribution in [1.82, 2.24) is 10.6 Å². The van der Waals surface area contributed by atoms with Crippen LogP contribution in [0.2, 0.25) is 0 Å². The standard InChI is InChI=1S/C15H23N3O3S/c16-22(20,21)14-4-1-13(2-5-14)11-18-15(19)6-3-12-7-9-17-10-8-12/h1-2,4-5,12,17H,3,6-11H2,(H,18,19)(H2,16,20,21). The van der Waals surface area contributed by atoms with E-state index in [4.69, 9.17) is 5.14 Å². The molecule has 1 heterocycles. The Morgan fingerprint density at radius 3 is 2.45 bits per heavy atom. The molecular weight excluding hydrogens is 302 g/mol. The van der Waals surface area contributed by atoms with Crippen LogP contribution in [0.25, 0.3) is 0 Å². The van der Waals surface area contributed by atoms with Gasteiger partial charge in [0.15, 0.2) is 0 Å². The fourth-order valence-corrected chi connectivity index (χ4v) is 3.11. The quantitative estimate of drug-likeness (QED) is 0.717. The zero-order chi connectivity index (χ0) is 16.0. The smallest absolute Gasteiger partial charge is 0.238 e. The van der Waals surface area contributed by atoms with Crippen LogP contribution >= 0.6 is 0 Å². The topological polar surface area (TPSA) is 101 Å². The SMILES string of the molecule is NS(=O)(=O)c1ccc(CNC(=O)CCC2CCNCC2)cc1. The van der Waals surface area contributed by atoms with Crippen LogP contribution in [0.15, 0.2) is 29.2 Å². The highest BCUT2D eigenvalue weighted by Crippen LogP contribution is 2.17. The van der Waals surface area contributed by atoms with Gasteiger partial charge in [-0.3, -0.25) is 4.79 Å². The number of carbonyl (C=O) groups excluding carboxylic acids is 1. The van der Waals surface area contributed by atoms with Gasteiger partial charge in [-0.15, -0.1) is 0 Å². The molecule has 2 rings (SSSR count). The maximum Gasteiger partial charge on any atom is 0.238 e. The summed E-state index contributed by atoms with van der Waals surface area (Å²) in [6.07, 6.45) is 3.75. The van der Waals surface area contributed by atoms with Gasteiger partial charge < -0.3 is 10.6 Å². The highest BCUT2D eigenvalue weighted by molar-refractivity contribution is 7.89. The van der Waals surface area contributed by atoms with Crippen LogP contribution in [0.3, 0.4) is 0 Å². The fourth-order valence-electron chi connectivity index (χ4n) is 2.59. The van der Waals surface area contributed by atoms with Gasteiger partial charge in [0.25, 0.3) is 0 Å². The first-order valence-corrected chi connectivity index (χ1v) is 9.09. The van der Waals surface area contributed by atoms with Crippen LogP contribution in [0.1, 0.15) is 31.2 Å². The Morgan fingerprint density at radius 2 is 1.86 bits per heavy atom. The minimum Gasteiger partial charge on any atom is -0.352 e. The Kier molecular flexibility index (Phi) is 5.93. The number of hydrogen-bond acceptors (Lipinski definition) is 4. The zero-order valence-corrected chi connectivity index (χ0v) is 13.4. The van der Waals surface area contributed by atoms with Crippen molar-refractivity contribution in [2.24, 2.45) is 11.1 Å². The molecule has 0 atom stereocenters. The van der Waals surface area contributed by atoms with Crippen molar-refractivity contribution < 1.29 is 13.2 Å². The third-order valence-corrected chi connectivity index (χ3v) is 4.91. The van der Waals surface area contributed by atoms with E-state index in [1.165, 1.54) is 12.1 Å². The van der Waals surface area contributed by atoms with E-state index in [1.807, 2.05) is 0 Å². The second-order valence-electron chi connectivity index (χ2n) is 5.70. The van der Waals surface area contributed by atoms with E-state index < -0.39 is 10.0 Å². The van der Waals surface area contributed by atoms with Crippen LogP contribution in [0.4, 0.5) is 0 Å². The second kappa shape index (κ2) is 7.71. The average Bonchev–Trinajstić information content (AvgIpc) is 2.51. The van der Waals surface area contributed by atoms with Gasteiger partial charge in [0.05, 0.1) is 4.90 Å². The molecule has 1 fully saturated rings. The number of nitrogens with one attached hydrogen (secondary N) is 2. The largest absolute Gasteiger partial charge is 0.352 e. The van der Waals surface area contributed by atoms with Crippen molar-refractivity contribution >= 4 is 15.9 Å². The minimum atomic E-state index is -3.66. The van der Waals surface area contributed by atoms with E-state index in [0.717, 1.165) is 37.9 Å². The molecule has 0 aliphatic carbocycles. The highest BCUT2D eigenvalue weighted by atomic mass is 32.2. The summed E-state index contributed by atoms with van der Waals surface area (Å²) < 4.78 is 22.3. The Hall–Kier alpha value is -1.44. The molecule has 0 spiro atoms. The molecule has 0 saturated carbocycles. The number of primary sulfonamides is 1. The third kappa shape index (κ3) is 5.40. The van der Waals surface area contributed by atoms with Crippen molar-refractivity contribution in [1.29, 1.82) is 0 Å². The molecule has 0 radical (unpaired) electrons. The number of hydrogen-bond donors (Lipinski definition) is 3. The third-order valence-electron chi connectivity index (χ3n) is 3.98. The van der Waals surface area contributed by atoms with Gasteiger partial charge in [-0.05, 0) is 56.0 Å². The van der Waals surface area contributed by atoms with Gasteiger partial charge in [-0.1, -0.05) is 12.1 Å².